The lowest BCUT2D eigenvalue weighted by atomic mass is 10.2. The molecular formula is C22H29N3O4S. The SMILES string of the molecule is CC(C)Oc1cccc(N(CC(=O)N2CCN(c3ccccc3)CC2)S(C)(=O)=O)c1. The lowest BCUT2D eigenvalue weighted by Gasteiger charge is -2.37. The first-order valence-electron chi connectivity index (χ1n) is 10.1. The van der Waals surface area contributed by atoms with Gasteiger partial charge in [0, 0.05) is 37.9 Å². The summed E-state index contributed by atoms with van der Waals surface area (Å²) >= 11 is 0. The van der Waals surface area contributed by atoms with Gasteiger partial charge in [-0.2, -0.15) is 0 Å². The summed E-state index contributed by atoms with van der Waals surface area (Å²) in [6.07, 6.45) is 1.08. The van der Waals surface area contributed by atoms with Gasteiger partial charge in [-0.1, -0.05) is 24.3 Å². The topological polar surface area (TPSA) is 70.2 Å². The van der Waals surface area contributed by atoms with Crippen molar-refractivity contribution >= 4 is 27.3 Å². The number of anilines is 2. The van der Waals surface area contributed by atoms with E-state index in [-0.39, 0.29) is 18.6 Å². The molecule has 7 nitrogen and oxygen atoms in total. The summed E-state index contributed by atoms with van der Waals surface area (Å²) in [7, 11) is -3.63. The Morgan fingerprint density at radius 3 is 2.30 bits per heavy atom. The summed E-state index contributed by atoms with van der Waals surface area (Å²) < 4.78 is 31.7. The zero-order valence-electron chi connectivity index (χ0n) is 17.7. The van der Waals surface area contributed by atoms with Crippen molar-refractivity contribution in [1.82, 2.24) is 4.90 Å². The molecule has 1 aliphatic heterocycles. The fraction of sp³-hybridized carbons (Fsp3) is 0.409. The normalized spacial score (nSPS) is 14.7. The van der Waals surface area contributed by atoms with E-state index in [0.29, 0.717) is 37.6 Å². The molecule has 0 aliphatic carbocycles. The molecule has 1 saturated heterocycles. The molecule has 2 aromatic carbocycles. The van der Waals surface area contributed by atoms with Crippen LogP contribution in [0.1, 0.15) is 13.8 Å². The molecule has 0 radical (unpaired) electrons. The minimum Gasteiger partial charge on any atom is -0.491 e. The minimum atomic E-state index is -3.63. The summed E-state index contributed by atoms with van der Waals surface area (Å²) in [4.78, 5) is 16.9. The van der Waals surface area contributed by atoms with Gasteiger partial charge in [0.25, 0.3) is 0 Å². The maximum atomic E-state index is 12.9. The van der Waals surface area contributed by atoms with Gasteiger partial charge in [0.2, 0.25) is 15.9 Å². The molecule has 0 aromatic heterocycles. The van der Waals surface area contributed by atoms with E-state index in [9.17, 15) is 13.2 Å². The molecule has 1 fully saturated rings. The van der Waals surface area contributed by atoms with Gasteiger partial charge in [-0.3, -0.25) is 9.10 Å². The molecule has 1 heterocycles. The van der Waals surface area contributed by atoms with Gasteiger partial charge >= 0.3 is 0 Å². The number of rotatable bonds is 7. The first-order chi connectivity index (χ1) is 14.2. The Morgan fingerprint density at radius 1 is 1.03 bits per heavy atom. The Bertz CT molecular complexity index is 955. The van der Waals surface area contributed by atoms with Gasteiger partial charge in [0.15, 0.2) is 0 Å². The number of piperazine rings is 1. The molecular weight excluding hydrogens is 402 g/mol. The number of nitrogens with zero attached hydrogens (tertiary/aromatic N) is 3. The zero-order valence-corrected chi connectivity index (χ0v) is 18.5. The summed E-state index contributed by atoms with van der Waals surface area (Å²) in [5.41, 5.74) is 1.55. The fourth-order valence-corrected chi connectivity index (χ4v) is 4.30. The lowest BCUT2D eigenvalue weighted by molar-refractivity contribution is -0.129. The molecule has 0 unspecified atom stereocenters. The van der Waals surface area contributed by atoms with Crippen molar-refractivity contribution in [2.45, 2.75) is 20.0 Å². The van der Waals surface area contributed by atoms with Crippen molar-refractivity contribution in [2.75, 3.05) is 48.2 Å². The number of hydrogen-bond acceptors (Lipinski definition) is 5. The van der Waals surface area contributed by atoms with Crippen molar-refractivity contribution in [3.8, 4) is 5.75 Å². The van der Waals surface area contributed by atoms with Gasteiger partial charge in [-0.05, 0) is 38.1 Å². The number of para-hydroxylation sites is 1. The maximum absolute atomic E-state index is 12.9. The third-order valence-corrected chi connectivity index (χ3v) is 6.05. The number of benzene rings is 2. The average molecular weight is 432 g/mol. The average Bonchev–Trinajstić information content (AvgIpc) is 2.71. The smallest absolute Gasteiger partial charge is 0.243 e. The monoisotopic (exact) mass is 431 g/mol. The quantitative estimate of drug-likeness (QED) is 0.674. The van der Waals surface area contributed by atoms with Gasteiger partial charge in [-0.15, -0.1) is 0 Å². The molecule has 30 heavy (non-hydrogen) atoms. The molecule has 1 aliphatic rings. The van der Waals surface area contributed by atoms with Gasteiger partial charge in [-0.25, -0.2) is 8.42 Å². The number of hydrogen-bond donors (Lipinski definition) is 0. The van der Waals surface area contributed by atoms with Crippen molar-refractivity contribution in [1.29, 1.82) is 0 Å². The molecule has 0 saturated carbocycles. The van der Waals surface area contributed by atoms with Gasteiger partial charge in [0.05, 0.1) is 18.0 Å². The predicted molar refractivity (Wildman–Crippen MR) is 120 cm³/mol. The summed E-state index contributed by atoms with van der Waals surface area (Å²) in [6.45, 7) is 6.12. The van der Waals surface area contributed by atoms with E-state index >= 15 is 0 Å². The van der Waals surface area contributed by atoms with Crippen LogP contribution >= 0.6 is 0 Å². The van der Waals surface area contributed by atoms with Gasteiger partial charge in [0.1, 0.15) is 12.3 Å². The van der Waals surface area contributed by atoms with Crippen LogP contribution in [0.5, 0.6) is 5.75 Å². The molecule has 0 bridgehead atoms. The third-order valence-electron chi connectivity index (χ3n) is 4.91. The Hall–Kier alpha value is -2.74. The van der Waals surface area contributed by atoms with E-state index < -0.39 is 10.0 Å². The second-order valence-corrected chi connectivity index (χ2v) is 9.54. The summed E-state index contributed by atoms with van der Waals surface area (Å²) in [5.74, 6) is 0.364. The minimum absolute atomic E-state index is 0.0329. The van der Waals surface area contributed by atoms with E-state index in [1.54, 1.807) is 29.2 Å². The second-order valence-electron chi connectivity index (χ2n) is 7.64. The Balaban J connectivity index is 1.68. The lowest BCUT2D eigenvalue weighted by Crippen LogP contribution is -2.52. The van der Waals surface area contributed by atoms with E-state index in [1.165, 1.54) is 0 Å². The van der Waals surface area contributed by atoms with Crippen LogP contribution in [0, 0.1) is 0 Å². The highest BCUT2D eigenvalue weighted by Gasteiger charge is 2.27. The van der Waals surface area contributed by atoms with E-state index in [1.807, 2.05) is 32.0 Å². The van der Waals surface area contributed by atoms with E-state index in [4.69, 9.17) is 4.74 Å². The molecule has 0 spiro atoms. The molecule has 1 amide bonds. The number of ether oxygens (including phenoxy) is 1. The van der Waals surface area contributed by atoms with Crippen LogP contribution in [0.3, 0.4) is 0 Å². The van der Waals surface area contributed by atoms with Crippen molar-refractivity contribution in [3.63, 3.8) is 0 Å². The molecule has 2 aromatic rings. The Labute approximate surface area is 178 Å². The van der Waals surface area contributed by atoms with Crippen LogP contribution in [0.2, 0.25) is 0 Å². The maximum Gasteiger partial charge on any atom is 0.243 e. The summed E-state index contributed by atoms with van der Waals surface area (Å²) in [6, 6.07) is 16.9. The number of carbonyl (C=O) groups excluding carboxylic acids is 1. The molecule has 162 valence electrons. The van der Waals surface area contributed by atoms with Crippen molar-refractivity contribution in [3.05, 3.63) is 54.6 Å². The van der Waals surface area contributed by atoms with E-state index in [2.05, 4.69) is 17.0 Å². The second kappa shape index (κ2) is 9.38. The zero-order chi connectivity index (χ0) is 21.7. The first-order valence-corrected chi connectivity index (χ1v) is 11.9. The van der Waals surface area contributed by atoms with Crippen molar-refractivity contribution < 1.29 is 17.9 Å². The molecule has 8 heteroatoms. The summed E-state index contributed by atoms with van der Waals surface area (Å²) in [5, 5.41) is 0. The van der Waals surface area contributed by atoms with Crippen LogP contribution in [0.4, 0.5) is 11.4 Å². The number of sulfonamides is 1. The highest BCUT2D eigenvalue weighted by molar-refractivity contribution is 7.92. The van der Waals surface area contributed by atoms with Gasteiger partial charge < -0.3 is 14.5 Å². The highest BCUT2D eigenvalue weighted by Crippen LogP contribution is 2.24. The molecule has 0 N–H and O–H groups in total. The van der Waals surface area contributed by atoms with Crippen LogP contribution in [0.15, 0.2) is 54.6 Å². The van der Waals surface area contributed by atoms with Crippen LogP contribution < -0.4 is 13.9 Å². The first kappa shape index (κ1) is 22.0. The van der Waals surface area contributed by atoms with Crippen LogP contribution in [0.25, 0.3) is 0 Å². The van der Waals surface area contributed by atoms with Crippen molar-refractivity contribution in [2.24, 2.45) is 0 Å². The van der Waals surface area contributed by atoms with E-state index in [0.717, 1.165) is 16.2 Å². The largest absolute Gasteiger partial charge is 0.491 e. The van der Waals surface area contributed by atoms with Crippen LogP contribution in [-0.4, -0.2) is 64.3 Å². The Morgan fingerprint density at radius 2 is 1.70 bits per heavy atom. The predicted octanol–water partition coefficient (Wildman–Crippen LogP) is 2.59. The number of carbonyl (C=O) groups is 1. The molecule has 0 atom stereocenters. The highest BCUT2D eigenvalue weighted by atomic mass is 32.2. The molecule has 3 rings (SSSR count). The third kappa shape index (κ3) is 5.66. The standard InChI is InChI=1S/C22H29N3O4S/c1-18(2)29-21-11-7-10-20(16-21)25(30(3,27)28)17-22(26)24-14-12-23(13-15-24)19-8-5-4-6-9-19/h4-11,16,18H,12-15,17H2,1-3H3. The fourth-order valence-electron chi connectivity index (χ4n) is 3.46. The number of amides is 1. The van der Waals surface area contributed by atoms with Crippen LogP contribution in [-0.2, 0) is 14.8 Å². The Kier molecular flexibility index (Phi) is 6.87.